The van der Waals surface area contributed by atoms with Crippen LogP contribution in [0.5, 0.6) is 0 Å². The second-order valence-corrected chi connectivity index (χ2v) is 7.21. The number of carbonyl (C=O) groups is 1. The number of hydrogen-bond donors (Lipinski definition) is 2. The molecule has 0 bridgehead atoms. The molecule has 2 N–H and O–H groups in total. The van der Waals surface area contributed by atoms with Gasteiger partial charge in [0.1, 0.15) is 0 Å². The molecule has 27 heavy (non-hydrogen) atoms. The number of nitrogens with zero attached hydrogens (tertiary/aromatic N) is 2. The van der Waals surface area contributed by atoms with Gasteiger partial charge in [0, 0.05) is 18.7 Å². The van der Waals surface area contributed by atoms with Crippen molar-refractivity contribution in [2.45, 2.75) is 25.4 Å². The molecule has 144 valence electrons. The second-order valence-electron chi connectivity index (χ2n) is 6.25. The Morgan fingerprint density at radius 1 is 1.33 bits per heavy atom. The lowest BCUT2D eigenvalue weighted by atomic mass is 10.2. The first-order valence-corrected chi connectivity index (χ1v) is 10.0. The van der Waals surface area contributed by atoms with Crippen LogP contribution >= 0.6 is 11.8 Å². The Balaban J connectivity index is 1.65. The molecule has 8 heteroatoms. The summed E-state index contributed by atoms with van der Waals surface area (Å²) >= 11 is 1.23. The van der Waals surface area contributed by atoms with Crippen LogP contribution in [-0.2, 0) is 16.0 Å². The number of benzene rings is 1. The molecule has 1 aromatic carbocycles. The van der Waals surface area contributed by atoms with Crippen molar-refractivity contribution >= 4 is 29.0 Å². The molecule has 3 rings (SSSR count). The van der Waals surface area contributed by atoms with Gasteiger partial charge >= 0.3 is 0 Å². The van der Waals surface area contributed by atoms with Crippen LogP contribution in [0.25, 0.3) is 0 Å². The molecule has 7 nitrogen and oxygen atoms in total. The number of rotatable bonds is 6. The van der Waals surface area contributed by atoms with Crippen LogP contribution in [0.1, 0.15) is 18.2 Å². The fraction of sp³-hybridized carbons (Fsp3) is 0.421. The van der Waals surface area contributed by atoms with Gasteiger partial charge in [-0.25, -0.2) is 4.98 Å². The predicted octanol–water partition coefficient (Wildman–Crippen LogP) is 2.21. The Bertz CT molecular complexity index is 862. The minimum Gasteiger partial charge on any atom is -0.378 e. The zero-order valence-electron chi connectivity index (χ0n) is 15.6. The Hall–Kier alpha value is -2.32. The number of hydrogen-bond acceptors (Lipinski definition) is 6. The van der Waals surface area contributed by atoms with E-state index >= 15 is 0 Å². The lowest BCUT2D eigenvalue weighted by Gasteiger charge is -2.30. The van der Waals surface area contributed by atoms with Crippen LogP contribution in [0.15, 0.2) is 34.2 Å². The number of thioether (sulfide) groups is 1. The first-order valence-electron chi connectivity index (χ1n) is 9.02. The van der Waals surface area contributed by atoms with Gasteiger partial charge in [-0.3, -0.25) is 9.59 Å². The van der Waals surface area contributed by atoms with Gasteiger partial charge in [0.05, 0.1) is 36.0 Å². The quantitative estimate of drug-likeness (QED) is 0.583. The molecule has 0 unspecified atom stereocenters. The number of carbonyl (C=O) groups excluding carboxylic acids is 1. The molecule has 1 aliphatic heterocycles. The van der Waals surface area contributed by atoms with E-state index in [-0.39, 0.29) is 17.2 Å². The summed E-state index contributed by atoms with van der Waals surface area (Å²) in [7, 11) is 0. The number of aromatic amines is 1. The lowest BCUT2D eigenvalue weighted by molar-refractivity contribution is -0.113. The molecule has 0 saturated carbocycles. The minimum atomic E-state index is -0.151. The maximum atomic E-state index is 12.4. The topological polar surface area (TPSA) is 87.3 Å². The number of nitrogens with one attached hydrogen (secondary N) is 2. The van der Waals surface area contributed by atoms with Crippen LogP contribution in [0, 0.1) is 6.92 Å². The van der Waals surface area contributed by atoms with E-state index in [4.69, 9.17) is 4.74 Å². The first-order chi connectivity index (χ1) is 13.1. The number of anilines is 2. The van der Waals surface area contributed by atoms with Crippen LogP contribution in [0.3, 0.4) is 0 Å². The summed E-state index contributed by atoms with van der Waals surface area (Å²) in [6.07, 6.45) is 0.683. The van der Waals surface area contributed by atoms with E-state index in [1.54, 1.807) is 6.92 Å². The largest absolute Gasteiger partial charge is 0.378 e. The van der Waals surface area contributed by atoms with Crippen molar-refractivity contribution in [1.29, 1.82) is 0 Å². The molecule has 1 aromatic heterocycles. The van der Waals surface area contributed by atoms with E-state index in [0.717, 1.165) is 30.2 Å². The highest BCUT2D eigenvalue weighted by Gasteiger charge is 2.16. The highest BCUT2D eigenvalue weighted by Crippen LogP contribution is 2.26. The van der Waals surface area contributed by atoms with Crippen molar-refractivity contribution in [3.8, 4) is 0 Å². The number of para-hydroxylation sites is 2. The Morgan fingerprint density at radius 3 is 2.81 bits per heavy atom. The molecular weight excluding hydrogens is 364 g/mol. The molecule has 1 aliphatic rings. The van der Waals surface area contributed by atoms with E-state index in [1.807, 2.05) is 31.2 Å². The summed E-state index contributed by atoms with van der Waals surface area (Å²) < 4.78 is 5.40. The normalized spacial score (nSPS) is 14.2. The van der Waals surface area contributed by atoms with E-state index in [9.17, 15) is 9.59 Å². The predicted molar refractivity (Wildman–Crippen MR) is 108 cm³/mol. The third-order valence-electron chi connectivity index (χ3n) is 4.44. The molecule has 1 saturated heterocycles. The number of morpholine rings is 1. The summed E-state index contributed by atoms with van der Waals surface area (Å²) in [5.41, 5.74) is 3.02. The van der Waals surface area contributed by atoms with Gasteiger partial charge < -0.3 is 19.9 Å². The highest BCUT2D eigenvalue weighted by atomic mass is 32.2. The number of ether oxygens (including phenoxy) is 1. The van der Waals surface area contributed by atoms with Gasteiger partial charge in [-0.15, -0.1) is 0 Å². The van der Waals surface area contributed by atoms with Gasteiger partial charge in [0.25, 0.3) is 5.56 Å². The highest BCUT2D eigenvalue weighted by molar-refractivity contribution is 7.99. The zero-order valence-corrected chi connectivity index (χ0v) is 16.4. The van der Waals surface area contributed by atoms with Crippen molar-refractivity contribution in [3.63, 3.8) is 0 Å². The fourth-order valence-corrected chi connectivity index (χ4v) is 3.63. The zero-order chi connectivity index (χ0) is 19.2. The van der Waals surface area contributed by atoms with E-state index in [2.05, 4.69) is 20.2 Å². The van der Waals surface area contributed by atoms with Gasteiger partial charge in [-0.05, 0) is 25.5 Å². The minimum absolute atomic E-state index is 0.137. The first kappa shape index (κ1) is 19.4. The van der Waals surface area contributed by atoms with Crippen molar-refractivity contribution in [2.24, 2.45) is 0 Å². The molecule has 0 spiro atoms. The standard InChI is InChI=1S/C19H24N4O3S/c1-3-14-13(2)18(25)22-19(21-14)27-12-17(24)20-15-6-4-5-7-16(15)23-8-10-26-11-9-23/h4-7H,3,8-12H2,1-2H3,(H,20,24)(H,21,22,25). The third kappa shape index (κ3) is 4.90. The summed E-state index contributed by atoms with van der Waals surface area (Å²) in [4.78, 5) is 33.7. The molecule has 2 heterocycles. The Morgan fingerprint density at radius 2 is 2.07 bits per heavy atom. The number of amides is 1. The maximum absolute atomic E-state index is 12.4. The average molecular weight is 388 g/mol. The fourth-order valence-electron chi connectivity index (χ4n) is 2.95. The number of aromatic nitrogens is 2. The molecule has 1 fully saturated rings. The van der Waals surface area contributed by atoms with Crippen molar-refractivity contribution < 1.29 is 9.53 Å². The summed E-state index contributed by atoms with van der Waals surface area (Å²) in [6.45, 7) is 6.69. The van der Waals surface area contributed by atoms with Gasteiger partial charge in [-0.2, -0.15) is 0 Å². The van der Waals surface area contributed by atoms with E-state index < -0.39 is 0 Å². The average Bonchev–Trinajstić information content (AvgIpc) is 2.70. The molecule has 0 radical (unpaired) electrons. The molecule has 0 aliphatic carbocycles. The second kappa shape index (κ2) is 9.05. The summed E-state index contributed by atoms with van der Waals surface area (Å²) in [5, 5.41) is 3.44. The maximum Gasteiger partial charge on any atom is 0.254 e. The van der Waals surface area contributed by atoms with Crippen molar-refractivity contribution in [3.05, 3.63) is 45.9 Å². The molecular formula is C19H24N4O3S. The van der Waals surface area contributed by atoms with E-state index in [0.29, 0.717) is 30.4 Å². The molecule has 0 atom stereocenters. The van der Waals surface area contributed by atoms with Crippen molar-refractivity contribution in [2.75, 3.05) is 42.3 Å². The lowest BCUT2D eigenvalue weighted by Crippen LogP contribution is -2.36. The van der Waals surface area contributed by atoms with Crippen LogP contribution in [0.2, 0.25) is 0 Å². The third-order valence-corrected chi connectivity index (χ3v) is 5.31. The summed E-state index contributed by atoms with van der Waals surface area (Å²) in [6, 6.07) is 7.76. The van der Waals surface area contributed by atoms with Crippen LogP contribution in [0.4, 0.5) is 11.4 Å². The Labute approximate surface area is 162 Å². The number of aryl methyl sites for hydroxylation is 1. The smallest absolute Gasteiger partial charge is 0.254 e. The van der Waals surface area contributed by atoms with Gasteiger partial charge in [-0.1, -0.05) is 30.8 Å². The summed E-state index contributed by atoms with van der Waals surface area (Å²) in [5.74, 6) is 0.0362. The molecule has 2 aromatic rings. The monoisotopic (exact) mass is 388 g/mol. The van der Waals surface area contributed by atoms with Crippen LogP contribution < -0.4 is 15.8 Å². The van der Waals surface area contributed by atoms with Gasteiger partial charge in [0.2, 0.25) is 5.91 Å². The van der Waals surface area contributed by atoms with Crippen LogP contribution in [-0.4, -0.2) is 47.9 Å². The van der Waals surface area contributed by atoms with Gasteiger partial charge in [0.15, 0.2) is 5.16 Å². The number of H-pyrrole nitrogens is 1. The molecule has 1 amide bonds. The SMILES string of the molecule is CCc1nc(SCC(=O)Nc2ccccc2N2CCOCC2)[nH]c(=O)c1C. The van der Waals surface area contributed by atoms with Crippen molar-refractivity contribution in [1.82, 2.24) is 9.97 Å². The van der Waals surface area contributed by atoms with E-state index in [1.165, 1.54) is 11.8 Å². The Kier molecular flexibility index (Phi) is 6.52.